The SMILES string of the molecule is CC1CCN(Cc2ccccc2)CC1O.Cc1ccc(S(=O)(=O)O)cc1. The molecule has 3 rings (SSSR count). The lowest BCUT2D eigenvalue weighted by Crippen LogP contribution is -2.42. The van der Waals surface area contributed by atoms with Crippen LogP contribution in [0.3, 0.4) is 0 Å². The summed E-state index contributed by atoms with van der Waals surface area (Å²) in [6.07, 6.45) is 0.955. The zero-order valence-corrected chi connectivity index (χ0v) is 16.1. The van der Waals surface area contributed by atoms with E-state index < -0.39 is 10.1 Å². The number of benzene rings is 2. The van der Waals surface area contributed by atoms with Crippen molar-refractivity contribution in [1.82, 2.24) is 4.90 Å². The fourth-order valence-corrected chi connectivity index (χ4v) is 3.29. The summed E-state index contributed by atoms with van der Waals surface area (Å²) in [5, 5.41) is 9.78. The molecule has 1 aliphatic heterocycles. The van der Waals surface area contributed by atoms with Crippen LogP contribution in [-0.4, -0.2) is 42.2 Å². The Hall–Kier alpha value is -1.73. The molecule has 1 fully saturated rings. The highest BCUT2D eigenvalue weighted by molar-refractivity contribution is 7.85. The highest BCUT2D eigenvalue weighted by Gasteiger charge is 2.23. The third-order valence-corrected chi connectivity index (χ3v) is 5.44. The molecule has 0 aliphatic carbocycles. The number of aliphatic hydroxyl groups excluding tert-OH is 1. The number of aliphatic hydroxyl groups is 1. The van der Waals surface area contributed by atoms with Crippen LogP contribution in [0, 0.1) is 12.8 Å². The molecular weight excluding hydrogens is 350 g/mol. The van der Waals surface area contributed by atoms with E-state index in [9.17, 15) is 13.5 Å². The molecule has 2 aromatic rings. The first-order valence-electron chi connectivity index (χ1n) is 8.74. The van der Waals surface area contributed by atoms with Crippen molar-refractivity contribution >= 4 is 10.1 Å². The van der Waals surface area contributed by atoms with Crippen molar-refractivity contribution in [3.63, 3.8) is 0 Å². The van der Waals surface area contributed by atoms with Crippen LogP contribution in [0.2, 0.25) is 0 Å². The van der Waals surface area contributed by atoms with Crippen LogP contribution in [0.5, 0.6) is 0 Å². The Morgan fingerprint density at radius 3 is 2.23 bits per heavy atom. The third kappa shape index (κ3) is 6.53. The van der Waals surface area contributed by atoms with Crippen molar-refractivity contribution in [2.24, 2.45) is 5.92 Å². The van der Waals surface area contributed by atoms with Crippen molar-refractivity contribution in [1.29, 1.82) is 0 Å². The molecule has 5 nitrogen and oxygen atoms in total. The number of piperidine rings is 1. The fraction of sp³-hybridized carbons (Fsp3) is 0.400. The summed E-state index contributed by atoms with van der Waals surface area (Å²) in [6.45, 7) is 6.85. The molecule has 0 saturated carbocycles. The lowest BCUT2D eigenvalue weighted by atomic mass is 9.96. The third-order valence-electron chi connectivity index (χ3n) is 4.57. The lowest BCUT2D eigenvalue weighted by Gasteiger charge is -2.34. The first-order chi connectivity index (χ1) is 12.3. The Morgan fingerprint density at radius 2 is 1.69 bits per heavy atom. The van der Waals surface area contributed by atoms with Gasteiger partial charge in [0.2, 0.25) is 0 Å². The van der Waals surface area contributed by atoms with Gasteiger partial charge in [0.1, 0.15) is 0 Å². The average molecular weight is 378 g/mol. The van der Waals surface area contributed by atoms with E-state index in [2.05, 4.69) is 36.1 Å². The Morgan fingerprint density at radius 1 is 1.08 bits per heavy atom. The van der Waals surface area contributed by atoms with Crippen LogP contribution < -0.4 is 0 Å². The maximum absolute atomic E-state index is 10.5. The molecule has 2 N–H and O–H groups in total. The minimum Gasteiger partial charge on any atom is -0.392 e. The van der Waals surface area contributed by atoms with Crippen LogP contribution in [-0.2, 0) is 16.7 Å². The van der Waals surface area contributed by atoms with Gasteiger partial charge in [0.15, 0.2) is 0 Å². The van der Waals surface area contributed by atoms with E-state index in [1.807, 2.05) is 13.0 Å². The van der Waals surface area contributed by atoms with Gasteiger partial charge in [0, 0.05) is 13.1 Å². The quantitative estimate of drug-likeness (QED) is 0.804. The average Bonchev–Trinajstić information content (AvgIpc) is 2.59. The Labute approximate surface area is 156 Å². The van der Waals surface area contributed by atoms with Crippen molar-refractivity contribution in [3.05, 3.63) is 65.7 Å². The van der Waals surface area contributed by atoms with E-state index in [1.165, 1.54) is 17.7 Å². The van der Waals surface area contributed by atoms with Crippen molar-refractivity contribution in [2.45, 2.75) is 37.8 Å². The van der Waals surface area contributed by atoms with Crippen molar-refractivity contribution < 1.29 is 18.1 Å². The minimum absolute atomic E-state index is 0.0666. The normalized spacial score (nSPS) is 20.9. The molecular formula is C20H27NO4S. The molecule has 0 amide bonds. The van der Waals surface area contributed by atoms with Gasteiger partial charge in [-0.2, -0.15) is 8.42 Å². The summed E-state index contributed by atoms with van der Waals surface area (Å²) in [6, 6.07) is 16.4. The van der Waals surface area contributed by atoms with Gasteiger partial charge in [0.05, 0.1) is 11.0 Å². The van der Waals surface area contributed by atoms with Gasteiger partial charge in [-0.1, -0.05) is 55.0 Å². The summed E-state index contributed by atoms with van der Waals surface area (Å²) in [4.78, 5) is 2.27. The van der Waals surface area contributed by atoms with Gasteiger partial charge in [0.25, 0.3) is 10.1 Å². The molecule has 2 atom stereocenters. The molecule has 142 valence electrons. The maximum atomic E-state index is 10.5. The Bertz CT molecular complexity index is 775. The van der Waals surface area contributed by atoms with Gasteiger partial charge in [-0.05, 0) is 43.5 Å². The van der Waals surface area contributed by atoms with Gasteiger partial charge in [-0.25, -0.2) is 0 Å². The summed E-state index contributed by atoms with van der Waals surface area (Å²) >= 11 is 0. The standard InChI is InChI=1S/C13H19NO.C7H8O3S/c1-11-7-8-14(10-13(11)15)9-12-5-3-2-4-6-12;1-6-2-4-7(5-3-6)11(8,9)10/h2-6,11,13,15H,7-10H2,1H3;2-5H,1H3,(H,8,9,10). The van der Waals surface area contributed by atoms with E-state index in [4.69, 9.17) is 4.55 Å². The zero-order chi connectivity index (χ0) is 19.2. The van der Waals surface area contributed by atoms with Crippen molar-refractivity contribution in [3.8, 4) is 0 Å². The summed E-state index contributed by atoms with van der Waals surface area (Å²) in [5.41, 5.74) is 2.29. The number of aryl methyl sites for hydroxylation is 1. The monoisotopic (exact) mass is 377 g/mol. The Balaban J connectivity index is 0.000000197. The molecule has 2 unspecified atom stereocenters. The van der Waals surface area contributed by atoms with Crippen LogP contribution in [0.15, 0.2) is 59.5 Å². The predicted molar refractivity (Wildman–Crippen MR) is 103 cm³/mol. The second-order valence-corrected chi connectivity index (χ2v) is 8.26. The molecule has 0 radical (unpaired) electrons. The van der Waals surface area contributed by atoms with E-state index >= 15 is 0 Å². The largest absolute Gasteiger partial charge is 0.392 e. The Kier molecular flexibility index (Phi) is 7.34. The smallest absolute Gasteiger partial charge is 0.294 e. The minimum atomic E-state index is -4.02. The first-order valence-corrected chi connectivity index (χ1v) is 10.2. The second kappa shape index (κ2) is 9.28. The maximum Gasteiger partial charge on any atom is 0.294 e. The molecule has 0 aromatic heterocycles. The lowest BCUT2D eigenvalue weighted by molar-refractivity contribution is 0.0259. The second-order valence-electron chi connectivity index (χ2n) is 6.84. The molecule has 0 spiro atoms. The summed E-state index contributed by atoms with van der Waals surface area (Å²) in [7, 11) is -4.02. The fourth-order valence-electron chi connectivity index (χ4n) is 2.81. The number of nitrogens with zero attached hydrogens (tertiary/aromatic N) is 1. The number of likely N-dealkylation sites (tertiary alicyclic amines) is 1. The molecule has 2 aromatic carbocycles. The molecule has 6 heteroatoms. The topological polar surface area (TPSA) is 77.8 Å². The highest BCUT2D eigenvalue weighted by atomic mass is 32.2. The number of β-amino-alcohol motifs (C(OH)–C–C–N with tert-alkyl or cyclic N) is 1. The molecule has 26 heavy (non-hydrogen) atoms. The van der Waals surface area contributed by atoms with Gasteiger partial charge in [-0.15, -0.1) is 0 Å². The summed E-state index contributed by atoms with van der Waals surface area (Å²) in [5.74, 6) is 0.456. The van der Waals surface area contributed by atoms with Crippen LogP contribution >= 0.6 is 0 Å². The number of rotatable bonds is 3. The van der Waals surface area contributed by atoms with E-state index in [0.29, 0.717) is 5.92 Å². The molecule has 0 bridgehead atoms. The van der Waals surface area contributed by atoms with E-state index in [0.717, 1.165) is 31.6 Å². The van der Waals surface area contributed by atoms with Crippen LogP contribution in [0.1, 0.15) is 24.5 Å². The highest BCUT2D eigenvalue weighted by Crippen LogP contribution is 2.18. The molecule has 1 aliphatic rings. The van der Waals surface area contributed by atoms with Crippen LogP contribution in [0.25, 0.3) is 0 Å². The van der Waals surface area contributed by atoms with Gasteiger partial charge < -0.3 is 5.11 Å². The van der Waals surface area contributed by atoms with Gasteiger partial charge >= 0.3 is 0 Å². The van der Waals surface area contributed by atoms with Crippen LogP contribution in [0.4, 0.5) is 0 Å². The van der Waals surface area contributed by atoms with Gasteiger partial charge in [-0.3, -0.25) is 9.45 Å². The predicted octanol–water partition coefficient (Wildman–Crippen LogP) is 3.13. The number of hydrogen-bond acceptors (Lipinski definition) is 4. The van der Waals surface area contributed by atoms with E-state index in [1.54, 1.807) is 12.1 Å². The summed E-state index contributed by atoms with van der Waals surface area (Å²) < 4.78 is 29.6. The van der Waals surface area contributed by atoms with Crippen molar-refractivity contribution in [2.75, 3.05) is 13.1 Å². The molecule has 1 heterocycles. The zero-order valence-electron chi connectivity index (χ0n) is 15.2. The number of hydrogen-bond donors (Lipinski definition) is 2. The first kappa shape index (κ1) is 20.6. The van der Waals surface area contributed by atoms with E-state index in [-0.39, 0.29) is 11.0 Å². The molecule has 1 saturated heterocycles.